The first-order valence-corrected chi connectivity index (χ1v) is 10.8. The van der Waals surface area contributed by atoms with Crippen molar-refractivity contribution in [2.24, 2.45) is 10.7 Å². The zero-order chi connectivity index (χ0) is 22.8. The molecule has 166 valence electrons. The number of aromatic nitrogens is 2. The highest BCUT2D eigenvalue weighted by Crippen LogP contribution is 2.29. The summed E-state index contributed by atoms with van der Waals surface area (Å²) in [4.78, 5) is 28.1. The molecule has 0 saturated carbocycles. The van der Waals surface area contributed by atoms with Crippen molar-refractivity contribution in [2.45, 2.75) is 36.7 Å². The first-order chi connectivity index (χ1) is 14.8. The van der Waals surface area contributed by atoms with Crippen molar-refractivity contribution in [1.82, 2.24) is 15.3 Å². The number of carbonyl (C=O) groups is 1. The molecule has 1 heterocycles. The number of carbonyl (C=O) groups excluding carboxylic acids is 1. The molecule has 2 aromatic rings. The normalized spacial score (nSPS) is 11.3. The van der Waals surface area contributed by atoms with Crippen molar-refractivity contribution < 1.29 is 4.79 Å². The molecule has 0 fully saturated rings. The third kappa shape index (κ3) is 8.35. The quantitative estimate of drug-likeness (QED) is 0.239. The summed E-state index contributed by atoms with van der Waals surface area (Å²) in [6.45, 7) is 5.07. The Hall–Kier alpha value is -2.98. The van der Waals surface area contributed by atoms with Gasteiger partial charge in [-0.25, -0.2) is 15.0 Å². The van der Waals surface area contributed by atoms with E-state index in [4.69, 9.17) is 11.1 Å². The Morgan fingerprint density at radius 1 is 1.29 bits per heavy atom. The summed E-state index contributed by atoms with van der Waals surface area (Å²) in [6.07, 6.45) is 0.727. The van der Waals surface area contributed by atoms with E-state index in [1.54, 1.807) is 13.0 Å². The minimum Gasteiger partial charge on any atom is -0.387 e. The minimum absolute atomic E-state index is 0.0266. The fourth-order valence-electron chi connectivity index (χ4n) is 2.51. The van der Waals surface area contributed by atoms with Crippen LogP contribution in [0.1, 0.15) is 26.7 Å². The molecule has 9 nitrogen and oxygen atoms in total. The lowest BCUT2D eigenvalue weighted by atomic mass is 10.3. The second-order valence-electron chi connectivity index (χ2n) is 6.98. The molecule has 1 amide bonds. The highest BCUT2D eigenvalue weighted by molar-refractivity contribution is 7.99. The molecule has 0 atom stereocenters. The van der Waals surface area contributed by atoms with Gasteiger partial charge in [0.05, 0.1) is 0 Å². The summed E-state index contributed by atoms with van der Waals surface area (Å²) in [5, 5.41) is 14.1. The molecule has 0 aliphatic rings. The molecule has 0 bridgehead atoms. The third-order valence-electron chi connectivity index (χ3n) is 4.14. The Morgan fingerprint density at radius 2 is 2.00 bits per heavy atom. The topological polar surface area (TPSA) is 132 Å². The predicted molar refractivity (Wildman–Crippen MR) is 128 cm³/mol. The third-order valence-corrected chi connectivity index (χ3v) is 5.01. The number of hydrogen-bond acceptors (Lipinski definition) is 8. The van der Waals surface area contributed by atoms with Gasteiger partial charge in [0.2, 0.25) is 5.91 Å². The van der Waals surface area contributed by atoms with Crippen LogP contribution in [-0.4, -0.2) is 54.6 Å². The molecule has 2 rings (SSSR count). The number of aliphatic imine (C=N–C) groups is 1. The van der Waals surface area contributed by atoms with Crippen LogP contribution in [0, 0.1) is 5.41 Å². The first-order valence-electron chi connectivity index (χ1n) is 10.00. The lowest BCUT2D eigenvalue weighted by Crippen LogP contribution is -2.27. The Balaban J connectivity index is 2.28. The van der Waals surface area contributed by atoms with Gasteiger partial charge in [0.15, 0.2) is 11.0 Å². The number of nitrogens with two attached hydrogens (primary N) is 1. The van der Waals surface area contributed by atoms with Gasteiger partial charge in [-0.1, -0.05) is 6.92 Å². The number of nitrogens with one attached hydrogen (secondary N) is 3. The van der Waals surface area contributed by atoms with Gasteiger partial charge in [-0.05, 0) is 50.0 Å². The summed E-state index contributed by atoms with van der Waals surface area (Å²) < 4.78 is 0. The number of benzene rings is 1. The average molecular weight is 443 g/mol. The maximum atomic E-state index is 11.5. The highest BCUT2D eigenvalue weighted by Gasteiger charge is 2.11. The SMILES string of the molecule is CCC(=O)Nc1ccc(Sc2nc(N=C(N)CC(C)=N)cc(N(C)CCNC)n2)cc1. The van der Waals surface area contributed by atoms with E-state index >= 15 is 0 Å². The van der Waals surface area contributed by atoms with Crippen molar-refractivity contribution in [3.8, 4) is 0 Å². The monoisotopic (exact) mass is 442 g/mol. The molecule has 0 aliphatic heterocycles. The number of amidine groups is 1. The summed E-state index contributed by atoms with van der Waals surface area (Å²) >= 11 is 1.40. The Bertz CT molecular complexity index is 929. The van der Waals surface area contributed by atoms with Crippen LogP contribution in [0.4, 0.5) is 17.3 Å². The molecule has 31 heavy (non-hydrogen) atoms. The maximum absolute atomic E-state index is 11.5. The number of amides is 1. The van der Waals surface area contributed by atoms with Crippen molar-refractivity contribution in [3.63, 3.8) is 0 Å². The summed E-state index contributed by atoms with van der Waals surface area (Å²) in [5.74, 6) is 1.50. The zero-order valence-corrected chi connectivity index (χ0v) is 19.2. The minimum atomic E-state index is -0.0266. The van der Waals surface area contributed by atoms with Gasteiger partial charge in [0, 0.05) is 55.3 Å². The molecule has 0 spiro atoms. The van der Waals surface area contributed by atoms with E-state index in [0.717, 1.165) is 29.5 Å². The summed E-state index contributed by atoms with van der Waals surface area (Å²) in [7, 11) is 3.86. The molecular weight excluding hydrogens is 412 g/mol. The molecule has 1 aromatic carbocycles. The molecule has 0 unspecified atom stereocenters. The van der Waals surface area contributed by atoms with Gasteiger partial charge in [0.1, 0.15) is 11.7 Å². The van der Waals surface area contributed by atoms with Gasteiger partial charge < -0.3 is 26.7 Å². The van der Waals surface area contributed by atoms with Crippen LogP contribution in [0.5, 0.6) is 0 Å². The number of nitrogens with zero attached hydrogens (tertiary/aromatic N) is 4. The Kier molecular flexibility index (Phi) is 9.41. The number of likely N-dealkylation sites (N-methyl/N-ethyl adjacent to an activating group) is 2. The van der Waals surface area contributed by atoms with E-state index in [1.807, 2.05) is 50.2 Å². The average Bonchev–Trinajstić information content (AvgIpc) is 2.72. The second kappa shape index (κ2) is 12.0. The summed E-state index contributed by atoms with van der Waals surface area (Å²) in [6, 6.07) is 9.31. The fraction of sp³-hybridized carbons (Fsp3) is 0.381. The van der Waals surface area contributed by atoms with Gasteiger partial charge >= 0.3 is 0 Å². The first kappa shape index (κ1) is 24.3. The smallest absolute Gasteiger partial charge is 0.224 e. The van der Waals surface area contributed by atoms with E-state index in [0.29, 0.717) is 35.4 Å². The van der Waals surface area contributed by atoms with E-state index in [9.17, 15) is 4.79 Å². The molecule has 0 radical (unpaired) electrons. The predicted octanol–water partition coefficient (Wildman–Crippen LogP) is 3.05. The van der Waals surface area contributed by atoms with E-state index in [2.05, 4.69) is 25.6 Å². The highest BCUT2D eigenvalue weighted by atomic mass is 32.2. The molecule has 5 N–H and O–H groups in total. The molecule has 10 heteroatoms. The lowest BCUT2D eigenvalue weighted by Gasteiger charge is -2.18. The van der Waals surface area contributed by atoms with Crippen molar-refractivity contribution >= 4 is 46.5 Å². The number of hydrogen-bond donors (Lipinski definition) is 4. The van der Waals surface area contributed by atoms with Crippen LogP contribution in [0.2, 0.25) is 0 Å². The maximum Gasteiger partial charge on any atom is 0.224 e. The van der Waals surface area contributed by atoms with E-state index < -0.39 is 0 Å². The van der Waals surface area contributed by atoms with Crippen LogP contribution in [0.15, 0.2) is 45.4 Å². The van der Waals surface area contributed by atoms with Gasteiger partial charge in [-0.15, -0.1) is 0 Å². The molecule has 1 aromatic heterocycles. The molecule has 0 aliphatic carbocycles. The lowest BCUT2D eigenvalue weighted by molar-refractivity contribution is -0.115. The summed E-state index contributed by atoms with van der Waals surface area (Å²) in [5.41, 5.74) is 7.15. The van der Waals surface area contributed by atoms with Crippen LogP contribution < -0.4 is 21.3 Å². The van der Waals surface area contributed by atoms with Crippen molar-refractivity contribution in [3.05, 3.63) is 30.3 Å². The van der Waals surface area contributed by atoms with Gasteiger partial charge in [-0.3, -0.25) is 4.79 Å². The Morgan fingerprint density at radius 3 is 2.61 bits per heavy atom. The van der Waals surface area contributed by atoms with E-state index in [-0.39, 0.29) is 5.91 Å². The molecular formula is C21H30N8OS. The van der Waals surface area contributed by atoms with Crippen LogP contribution >= 0.6 is 11.8 Å². The second-order valence-corrected chi connectivity index (χ2v) is 8.02. The van der Waals surface area contributed by atoms with Crippen LogP contribution in [0.25, 0.3) is 0 Å². The van der Waals surface area contributed by atoms with Crippen LogP contribution in [0.3, 0.4) is 0 Å². The van der Waals surface area contributed by atoms with Gasteiger partial charge in [0.25, 0.3) is 0 Å². The zero-order valence-electron chi connectivity index (χ0n) is 18.4. The van der Waals surface area contributed by atoms with Gasteiger partial charge in [-0.2, -0.15) is 0 Å². The van der Waals surface area contributed by atoms with Crippen molar-refractivity contribution in [1.29, 1.82) is 5.41 Å². The fourth-order valence-corrected chi connectivity index (χ4v) is 3.27. The standard InChI is InChI=1S/C21H30N8OS/c1-5-20(30)25-15-6-8-16(9-7-15)31-21-27-18(26-17(23)12-14(2)22)13-19(28-21)29(4)11-10-24-3/h6-9,13,22,24H,5,10-12H2,1-4H3,(H,25,30)(H2,23,26,27,28). The van der Waals surface area contributed by atoms with Crippen LogP contribution in [-0.2, 0) is 4.79 Å². The Labute approximate surface area is 187 Å². The number of anilines is 2. The number of rotatable bonds is 11. The largest absolute Gasteiger partial charge is 0.387 e. The molecule has 0 saturated heterocycles. The van der Waals surface area contributed by atoms with Crippen molar-refractivity contribution in [2.75, 3.05) is 37.4 Å². The van der Waals surface area contributed by atoms with E-state index in [1.165, 1.54) is 11.8 Å².